The SMILES string of the molecule is O=c1cc2c3ccccc3nc(-c3ccccc3)n2[nH]1. The number of para-hydroxylation sites is 1. The van der Waals surface area contributed by atoms with Gasteiger partial charge in [-0.2, -0.15) is 0 Å². The van der Waals surface area contributed by atoms with Crippen LogP contribution in [0, 0.1) is 0 Å². The van der Waals surface area contributed by atoms with E-state index in [4.69, 9.17) is 0 Å². The van der Waals surface area contributed by atoms with Crippen molar-refractivity contribution in [3.63, 3.8) is 0 Å². The molecule has 0 spiro atoms. The normalized spacial score (nSPS) is 11.2. The summed E-state index contributed by atoms with van der Waals surface area (Å²) in [5, 5.41) is 3.78. The molecule has 2 aromatic carbocycles. The van der Waals surface area contributed by atoms with Crippen LogP contribution in [0.1, 0.15) is 0 Å². The minimum atomic E-state index is -0.125. The van der Waals surface area contributed by atoms with Crippen molar-refractivity contribution >= 4 is 16.4 Å². The minimum absolute atomic E-state index is 0.125. The summed E-state index contributed by atoms with van der Waals surface area (Å²) in [6.07, 6.45) is 0. The Bertz CT molecular complexity index is 967. The third-order valence-electron chi connectivity index (χ3n) is 3.38. The van der Waals surface area contributed by atoms with Crippen molar-refractivity contribution in [2.45, 2.75) is 0 Å². The number of hydrogen-bond acceptors (Lipinski definition) is 2. The third-order valence-corrected chi connectivity index (χ3v) is 3.38. The lowest BCUT2D eigenvalue weighted by Crippen LogP contribution is -2.03. The van der Waals surface area contributed by atoms with E-state index in [0.29, 0.717) is 0 Å². The molecule has 1 N–H and O–H groups in total. The third kappa shape index (κ3) is 1.55. The molecule has 0 amide bonds. The van der Waals surface area contributed by atoms with Crippen molar-refractivity contribution in [3.8, 4) is 11.4 Å². The van der Waals surface area contributed by atoms with Crippen molar-refractivity contribution < 1.29 is 0 Å². The van der Waals surface area contributed by atoms with Crippen LogP contribution in [0.15, 0.2) is 65.5 Å². The Morgan fingerprint density at radius 2 is 1.70 bits per heavy atom. The first-order valence-corrected chi connectivity index (χ1v) is 6.39. The van der Waals surface area contributed by atoms with Crippen molar-refractivity contribution in [3.05, 3.63) is 71.0 Å². The van der Waals surface area contributed by atoms with Gasteiger partial charge in [-0.15, -0.1) is 0 Å². The smallest absolute Gasteiger partial charge is 0.265 e. The number of hydrogen-bond donors (Lipinski definition) is 1. The molecule has 0 saturated heterocycles. The van der Waals surface area contributed by atoms with Gasteiger partial charge < -0.3 is 0 Å². The van der Waals surface area contributed by atoms with Crippen molar-refractivity contribution in [2.24, 2.45) is 0 Å². The molecule has 2 aromatic heterocycles. The van der Waals surface area contributed by atoms with Crippen LogP contribution in [-0.2, 0) is 0 Å². The molecular weight excluding hydrogens is 250 g/mol. The van der Waals surface area contributed by atoms with E-state index in [1.807, 2.05) is 54.6 Å². The van der Waals surface area contributed by atoms with Crippen molar-refractivity contribution in [1.82, 2.24) is 14.6 Å². The Hall–Kier alpha value is -2.88. The average molecular weight is 261 g/mol. The number of fused-ring (bicyclic) bond motifs is 3. The molecule has 0 fully saturated rings. The maximum absolute atomic E-state index is 11.7. The number of H-pyrrole nitrogens is 1. The number of benzene rings is 2. The number of nitrogens with zero attached hydrogens (tertiary/aromatic N) is 2. The second-order valence-electron chi connectivity index (χ2n) is 4.66. The van der Waals surface area contributed by atoms with Gasteiger partial charge in [0.2, 0.25) is 0 Å². The van der Waals surface area contributed by atoms with E-state index in [0.717, 1.165) is 27.8 Å². The van der Waals surface area contributed by atoms with Crippen LogP contribution in [0.5, 0.6) is 0 Å². The Balaban J connectivity index is 2.21. The molecule has 0 saturated carbocycles. The summed E-state index contributed by atoms with van der Waals surface area (Å²) in [6, 6.07) is 19.3. The van der Waals surface area contributed by atoms with Gasteiger partial charge in [0.1, 0.15) is 0 Å². The fourth-order valence-electron chi connectivity index (χ4n) is 2.49. The minimum Gasteiger partial charge on any atom is -0.268 e. The molecule has 4 heteroatoms. The number of nitrogens with one attached hydrogen (secondary N) is 1. The summed E-state index contributed by atoms with van der Waals surface area (Å²) in [5.74, 6) is 0.737. The number of aromatic nitrogens is 3. The zero-order valence-electron chi connectivity index (χ0n) is 10.6. The first-order chi connectivity index (χ1) is 9.83. The van der Waals surface area contributed by atoms with Gasteiger partial charge in [-0.25, -0.2) is 9.50 Å². The molecule has 0 atom stereocenters. The van der Waals surface area contributed by atoms with Gasteiger partial charge in [0, 0.05) is 17.0 Å². The summed E-state index contributed by atoms with van der Waals surface area (Å²) in [5.41, 5.74) is 2.57. The first kappa shape index (κ1) is 11.0. The van der Waals surface area contributed by atoms with Gasteiger partial charge in [-0.3, -0.25) is 9.89 Å². The molecule has 0 aliphatic carbocycles. The van der Waals surface area contributed by atoms with E-state index >= 15 is 0 Å². The largest absolute Gasteiger partial charge is 0.268 e. The van der Waals surface area contributed by atoms with Crippen LogP contribution in [0.25, 0.3) is 27.8 Å². The summed E-state index contributed by atoms with van der Waals surface area (Å²) in [4.78, 5) is 16.4. The van der Waals surface area contributed by atoms with E-state index in [-0.39, 0.29) is 5.56 Å². The maximum atomic E-state index is 11.7. The van der Waals surface area contributed by atoms with Gasteiger partial charge in [-0.05, 0) is 6.07 Å². The molecule has 4 nitrogen and oxygen atoms in total. The quantitative estimate of drug-likeness (QED) is 0.573. The van der Waals surface area contributed by atoms with Gasteiger partial charge in [0.15, 0.2) is 5.82 Å². The first-order valence-electron chi connectivity index (χ1n) is 6.39. The number of aromatic amines is 1. The van der Waals surface area contributed by atoms with Gasteiger partial charge in [-0.1, -0.05) is 48.5 Å². The molecule has 0 aliphatic rings. The van der Waals surface area contributed by atoms with E-state index in [1.54, 1.807) is 10.6 Å². The summed E-state index contributed by atoms with van der Waals surface area (Å²) < 4.78 is 1.75. The molecule has 2 heterocycles. The summed E-state index contributed by atoms with van der Waals surface area (Å²) in [7, 11) is 0. The fourth-order valence-corrected chi connectivity index (χ4v) is 2.49. The molecule has 0 unspecified atom stereocenters. The van der Waals surface area contributed by atoms with Crippen LogP contribution in [0.3, 0.4) is 0 Å². The van der Waals surface area contributed by atoms with E-state index < -0.39 is 0 Å². The lowest BCUT2D eigenvalue weighted by atomic mass is 10.1. The highest BCUT2D eigenvalue weighted by Crippen LogP contribution is 2.23. The van der Waals surface area contributed by atoms with Crippen LogP contribution in [0.2, 0.25) is 0 Å². The monoisotopic (exact) mass is 261 g/mol. The van der Waals surface area contributed by atoms with Crippen molar-refractivity contribution in [2.75, 3.05) is 0 Å². The second kappa shape index (κ2) is 4.06. The van der Waals surface area contributed by atoms with Crippen LogP contribution in [0.4, 0.5) is 0 Å². The summed E-state index contributed by atoms with van der Waals surface area (Å²) >= 11 is 0. The lowest BCUT2D eigenvalue weighted by Gasteiger charge is -2.07. The Labute approximate surface area is 114 Å². The molecule has 4 rings (SSSR count). The standard InChI is InChI=1S/C16H11N3O/c20-15-10-14-12-8-4-5-9-13(12)17-16(19(14)18-15)11-6-2-1-3-7-11/h1-10H,(H,18,20). The second-order valence-corrected chi connectivity index (χ2v) is 4.66. The highest BCUT2D eigenvalue weighted by molar-refractivity contribution is 5.94. The maximum Gasteiger partial charge on any atom is 0.265 e. The molecule has 20 heavy (non-hydrogen) atoms. The molecule has 0 bridgehead atoms. The zero-order valence-corrected chi connectivity index (χ0v) is 10.6. The Morgan fingerprint density at radius 1 is 0.950 bits per heavy atom. The van der Waals surface area contributed by atoms with E-state index in [9.17, 15) is 4.79 Å². The predicted molar refractivity (Wildman–Crippen MR) is 78.8 cm³/mol. The summed E-state index contributed by atoms with van der Waals surface area (Å²) in [6.45, 7) is 0. The van der Waals surface area contributed by atoms with Gasteiger partial charge in [0.05, 0.1) is 11.0 Å². The lowest BCUT2D eigenvalue weighted by molar-refractivity contribution is 0.925. The Morgan fingerprint density at radius 3 is 2.55 bits per heavy atom. The van der Waals surface area contributed by atoms with Crippen molar-refractivity contribution in [1.29, 1.82) is 0 Å². The van der Waals surface area contributed by atoms with E-state index in [2.05, 4.69) is 10.1 Å². The van der Waals surface area contributed by atoms with Gasteiger partial charge in [0.25, 0.3) is 5.56 Å². The average Bonchev–Trinajstić information content (AvgIpc) is 2.89. The highest BCUT2D eigenvalue weighted by Gasteiger charge is 2.10. The van der Waals surface area contributed by atoms with Crippen LogP contribution >= 0.6 is 0 Å². The molecular formula is C16H11N3O. The molecule has 96 valence electrons. The highest BCUT2D eigenvalue weighted by atomic mass is 16.1. The predicted octanol–water partition coefficient (Wildman–Crippen LogP) is 2.84. The van der Waals surface area contributed by atoms with Crippen LogP contribution in [-0.4, -0.2) is 14.6 Å². The molecule has 0 radical (unpaired) electrons. The molecule has 0 aliphatic heterocycles. The zero-order chi connectivity index (χ0) is 13.5. The number of rotatable bonds is 1. The van der Waals surface area contributed by atoms with Crippen LogP contribution < -0.4 is 5.56 Å². The van der Waals surface area contributed by atoms with Gasteiger partial charge >= 0.3 is 0 Å². The topological polar surface area (TPSA) is 50.2 Å². The fraction of sp³-hybridized carbons (Fsp3) is 0. The Kier molecular flexibility index (Phi) is 2.23. The molecule has 4 aromatic rings. The van der Waals surface area contributed by atoms with E-state index in [1.165, 1.54) is 0 Å².